The quantitative estimate of drug-likeness (QED) is 0.831. The van der Waals surface area contributed by atoms with Crippen molar-refractivity contribution < 1.29 is 4.79 Å². The molecule has 3 nitrogen and oxygen atoms in total. The zero-order chi connectivity index (χ0) is 18.3. The van der Waals surface area contributed by atoms with E-state index in [1.807, 2.05) is 0 Å². The number of nitrogens with one attached hydrogen (secondary N) is 1. The van der Waals surface area contributed by atoms with Crippen molar-refractivity contribution in [3.8, 4) is 0 Å². The molecule has 26 heavy (non-hydrogen) atoms. The van der Waals surface area contributed by atoms with E-state index in [0.29, 0.717) is 12.5 Å². The van der Waals surface area contributed by atoms with Gasteiger partial charge in [0.2, 0.25) is 5.91 Å². The number of hydrogen-bond donors (Lipinski definition) is 1. The molecule has 0 aliphatic heterocycles. The van der Waals surface area contributed by atoms with Crippen LogP contribution in [0.2, 0.25) is 0 Å². The maximum Gasteiger partial charge on any atom is 0.226 e. The van der Waals surface area contributed by atoms with E-state index in [-0.39, 0.29) is 11.5 Å². The standard InChI is InChI=1S/C23H34N2O/c1-4-16-5-7-20(8-6-16)21(25(2)3)15-24-22(26)23-12-17-9-18(13-23)11-19(10-17)14-23/h5-8,17-19,21H,4,9-15H2,1-3H3,(H,24,26)/t17?,18?,19?,21-,23?/m0/s1. The number of aryl methyl sites for hydroxylation is 1. The minimum absolute atomic E-state index is 0.0440. The Bertz CT molecular complexity index is 613. The molecular weight excluding hydrogens is 320 g/mol. The van der Waals surface area contributed by atoms with E-state index in [1.165, 1.54) is 30.4 Å². The highest BCUT2D eigenvalue weighted by atomic mass is 16.2. The van der Waals surface area contributed by atoms with Crippen molar-refractivity contribution in [3.05, 3.63) is 35.4 Å². The topological polar surface area (TPSA) is 32.3 Å². The largest absolute Gasteiger partial charge is 0.354 e. The molecule has 0 unspecified atom stereocenters. The van der Waals surface area contributed by atoms with Crippen molar-refractivity contribution in [1.29, 1.82) is 0 Å². The Morgan fingerprint density at radius 3 is 2.08 bits per heavy atom. The number of amides is 1. The monoisotopic (exact) mass is 354 g/mol. The summed E-state index contributed by atoms with van der Waals surface area (Å²) in [5.74, 6) is 2.79. The van der Waals surface area contributed by atoms with E-state index >= 15 is 0 Å². The molecule has 4 aliphatic carbocycles. The third-order valence-electron chi connectivity index (χ3n) is 7.37. The van der Waals surface area contributed by atoms with Crippen molar-refractivity contribution in [2.24, 2.45) is 23.2 Å². The van der Waals surface area contributed by atoms with Gasteiger partial charge in [0.25, 0.3) is 0 Å². The SMILES string of the molecule is CCc1ccc([C@H](CNC(=O)C23CC4CC(CC(C4)C2)C3)N(C)C)cc1. The van der Waals surface area contributed by atoms with Gasteiger partial charge in [0.05, 0.1) is 6.04 Å². The van der Waals surface area contributed by atoms with Gasteiger partial charge in [-0.05, 0) is 87.9 Å². The van der Waals surface area contributed by atoms with Crippen LogP contribution in [0.1, 0.15) is 62.6 Å². The predicted octanol–water partition coefficient (Wildman–Crippen LogP) is 4.18. The zero-order valence-corrected chi connectivity index (χ0v) is 16.6. The summed E-state index contributed by atoms with van der Waals surface area (Å²) in [5.41, 5.74) is 2.61. The molecule has 142 valence electrons. The summed E-state index contributed by atoms with van der Waals surface area (Å²) in [6, 6.07) is 9.11. The van der Waals surface area contributed by atoms with E-state index in [4.69, 9.17) is 0 Å². The van der Waals surface area contributed by atoms with Gasteiger partial charge in [0.1, 0.15) is 0 Å². The van der Waals surface area contributed by atoms with Gasteiger partial charge in [0, 0.05) is 12.0 Å². The first-order valence-electron chi connectivity index (χ1n) is 10.5. The number of rotatable bonds is 6. The summed E-state index contributed by atoms with van der Waals surface area (Å²) in [6.45, 7) is 2.89. The molecule has 1 amide bonds. The van der Waals surface area contributed by atoms with E-state index in [1.54, 1.807) is 0 Å². The van der Waals surface area contributed by atoms with Crippen LogP contribution in [-0.2, 0) is 11.2 Å². The Morgan fingerprint density at radius 2 is 1.62 bits per heavy atom. The molecule has 0 saturated heterocycles. The first kappa shape index (κ1) is 18.0. The Balaban J connectivity index is 1.43. The lowest BCUT2D eigenvalue weighted by Crippen LogP contribution is -2.54. The van der Waals surface area contributed by atoms with Crippen LogP contribution in [0.25, 0.3) is 0 Å². The minimum atomic E-state index is -0.0440. The first-order chi connectivity index (χ1) is 12.5. The highest BCUT2D eigenvalue weighted by molar-refractivity contribution is 5.83. The van der Waals surface area contributed by atoms with Gasteiger partial charge < -0.3 is 10.2 Å². The van der Waals surface area contributed by atoms with E-state index < -0.39 is 0 Å². The average molecular weight is 355 g/mol. The fraction of sp³-hybridized carbons (Fsp3) is 0.696. The van der Waals surface area contributed by atoms with Gasteiger partial charge >= 0.3 is 0 Å². The van der Waals surface area contributed by atoms with Gasteiger partial charge in [-0.15, -0.1) is 0 Å². The summed E-state index contributed by atoms with van der Waals surface area (Å²) in [7, 11) is 4.21. The Kier molecular flexibility index (Phi) is 4.85. The van der Waals surface area contributed by atoms with Crippen LogP contribution in [0.3, 0.4) is 0 Å². The number of hydrogen-bond acceptors (Lipinski definition) is 2. The number of carbonyl (C=O) groups excluding carboxylic acids is 1. The van der Waals surface area contributed by atoms with E-state index in [2.05, 4.69) is 55.5 Å². The molecule has 1 atom stereocenters. The van der Waals surface area contributed by atoms with E-state index in [0.717, 1.165) is 43.4 Å². The van der Waals surface area contributed by atoms with Crippen molar-refractivity contribution in [2.45, 2.75) is 57.9 Å². The van der Waals surface area contributed by atoms with Crippen LogP contribution < -0.4 is 5.32 Å². The van der Waals surface area contributed by atoms with Crippen molar-refractivity contribution in [2.75, 3.05) is 20.6 Å². The Hall–Kier alpha value is -1.35. The zero-order valence-electron chi connectivity index (χ0n) is 16.6. The van der Waals surface area contributed by atoms with Gasteiger partial charge in [-0.25, -0.2) is 0 Å². The first-order valence-corrected chi connectivity index (χ1v) is 10.5. The van der Waals surface area contributed by atoms with E-state index in [9.17, 15) is 4.79 Å². The number of likely N-dealkylation sites (N-methyl/N-ethyl adjacent to an activating group) is 1. The molecule has 0 spiro atoms. The van der Waals surface area contributed by atoms with Gasteiger partial charge in [-0.1, -0.05) is 31.2 Å². The van der Waals surface area contributed by atoms with Crippen LogP contribution in [0.15, 0.2) is 24.3 Å². The van der Waals surface area contributed by atoms with Crippen LogP contribution >= 0.6 is 0 Å². The van der Waals surface area contributed by atoms with Crippen LogP contribution in [0.4, 0.5) is 0 Å². The predicted molar refractivity (Wildman–Crippen MR) is 106 cm³/mol. The second-order valence-corrected chi connectivity index (χ2v) is 9.48. The molecule has 0 radical (unpaired) electrons. The van der Waals surface area contributed by atoms with Crippen molar-refractivity contribution in [1.82, 2.24) is 10.2 Å². The third-order valence-corrected chi connectivity index (χ3v) is 7.37. The molecule has 1 aromatic carbocycles. The second-order valence-electron chi connectivity index (χ2n) is 9.48. The highest BCUT2D eigenvalue weighted by Crippen LogP contribution is 2.60. The lowest BCUT2D eigenvalue weighted by atomic mass is 9.49. The molecule has 4 aliphatic rings. The summed E-state index contributed by atoms with van der Waals surface area (Å²) >= 11 is 0. The third kappa shape index (κ3) is 3.31. The van der Waals surface area contributed by atoms with Crippen molar-refractivity contribution in [3.63, 3.8) is 0 Å². The maximum atomic E-state index is 13.2. The number of benzene rings is 1. The number of carbonyl (C=O) groups is 1. The maximum absolute atomic E-state index is 13.2. The molecule has 4 saturated carbocycles. The fourth-order valence-corrected chi connectivity index (χ4v) is 6.34. The Labute approximate surface area is 158 Å². The smallest absolute Gasteiger partial charge is 0.226 e. The Morgan fingerprint density at radius 1 is 1.08 bits per heavy atom. The van der Waals surface area contributed by atoms with Gasteiger partial charge in [-0.3, -0.25) is 4.79 Å². The van der Waals surface area contributed by atoms with Crippen LogP contribution in [-0.4, -0.2) is 31.4 Å². The fourth-order valence-electron chi connectivity index (χ4n) is 6.34. The van der Waals surface area contributed by atoms with Crippen LogP contribution in [0.5, 0.6) is 0 Å². The summed E-state index contributed by atoms with van der Waals surface area (Å²) < 4.78 is 0. The molecule has 4 fully saturated rings. The van der Waals surface area contributed by atoms with Gasteiger partial charge in [-0.2, -0.15) is 0 Å². The average Bonchev–Trinajstić information content (AvgIpc) is 2.61. The molecule has 1 N–H and O–H groups in total. The normalized spacial score (nSPS) is 33.5. The minimum Gasteiger partial charge on any atom is -0.354 e. The number of nitrogens with zero attached hydrogens (tertiary/aromatic N) is 1. The van der Waals surface area contributed by atoms with Crippen LogP contribution in [0, 0.1) is 23.2 Å². The highest BCUT2D eigenvalue weighted by Gasteiger charge is 2.54. The molecule has 1 aromatic rings. The van der Waals surface area contributed by atoms with Gasteiger partial charge in [0.15, 0.2) is 0 Å². The lowest BCUT2D eigenvalue weighted by molar-refractivity contribution is -0.146. The molecule has 4 bridgehead atoms. The molecule has 3 heteroatoms. The van der Waals surface area contributed by atoms with Crippen molar-refractivity contribution >= 4 is 5.91 Å². The summed E-state index contributed by atoms with van der Waals surface area (Å²) in [4.78, 5) is 15.4. The molecule has 0 aromatic heterocycles. The molecule has 5 rings (SSSR count). The molecular formula is C23H34N2O. The lowest BCUT2D eigenvalue weighted by Gasteiger charge is -2.55. The summed E-state index contributed by atoms with van der Waals surface area (Å²) in [6.07, 6.45) is 8.65. The summed E-state index contributed by atoms with van der Waals surface area (Å²) in [5, 5.41) is 3.37. The molecule has 0 heterocycles. The second kappa shape index (κ2) is 6.99.